The Bertz CT molecular complexity index is 606. The lowest BCUT2D eigenvalue weighted by molar-refractivity contribution is -0.117. The first kappa shape index (κ1) is 13.1. The highest BCUT2D eigenvalue weighted by molar-refractivity contribution is 6.31. The number of hydrogen-bond donors (Lipinski definition) is 2. The third kappa shape index (κ3) is 2.69. The molecule has 3 rings (SSSR count). The van der Waals surface area contributed by atoms with Gasteiger partial charge in [0.1, 0.15) is 0 Å². The fourth-order valence-corrected chi connectivity index (χ4v) is 2.52. The van der Waals surface area contributed by atoms with Crippen molar-refractivity contribution in [1.82, 2.24) is 15.1 Å². The second kappa shape index (κ2) is 5.64. The van der Waals surface area contributed by atoms with Gasteiger partial charge in [-0.15, -0.1) is 0 Å². The summed E-state index contributed by atoms with van der Waals surface area (Å²) < 4.78 is 1.70. The second-order valence-corrected chi connectivity index (χ2v) is 5.19. The lowest BCUT2D eigenvalue weighted by atomic mass is 10.2. The molecule has 2 N–H and O–H groups in total. The van der Waals surface area contributed by atoms with Gasteiger partial charge in [0.15, 0.2) is 0 Å². The van der Waals surface area contributed by atoms with Crippen LogP contribution in [0.5, 0.6) is 0 Å². The molecule has 0 bridgehead atoms. The van der Waals surface area contributed by atoms with Crippen molar-refractivity contribution in [3.8, 4) is 5.69 Å². The Kier molecular flexibility index (Phi) is 3.71. The van der Waals surface area contributed by atoms with Crippen molar-refractivity contribution in [1.29, 1.82) is 0 Å². The van der Waals surface area contributed by atoms with Gasteiger partial charge in [-0.1, -0.05) is 11.6 Å². The number of rotatable bonds is 3. The molecule has 1 aliphatic heterocycles. The van der Waals surface area contributed by atoms with Crippen LogP contribution in [0.3, 0.4) is 0 Å². The summed E-state index contributed by atoms with van der Waals surface area (Å²) in [6.45, 7) is 0.889. The minimum Gasteiger partial charge on any atom is -0.323 e. The van der Waals surface area contributed by atoms with Crippen molar-refractivity contribution < 1.29 is 4.79 Å². The number of nitrogens with zero attached hydrogens (tertiary/aromatic N) is 2. The average Bonchev–Trinajstić information content (AvgIpc) is 3.12. The predicted octanol–water partition coefficient (Wildman–Crippen LogP) is 2.22. The summed E-state index contributed by atoms with van der Waals surface area (Å²) in [5.41, 5.74) is 1.46. The van der Waals surface area contributed by atoms with Crippen molar-refractivity contribution in [2.45, 2.75) is 18.9 Å². The van der Waals surface area contributed by atoms with Gasteiger partial charge in [0, 0.05) is 17.4 Å². The molecule has 1 saturated heterocycles. The molecule has 2 heterocycles. The first-order chi connectivity index (χ1) is 9.74. The third-order valence-corrected chi connectivity index (χ3v) is 3.58. The van der Waals surface area contributed by atoms with Gasteiger partial charge in [0.05, 0.1) is 17.4 Å². The zero-order valence-corrected chi connectivity index (χ0v) is 11.6. The Hall–Kier alpha value is -1.85. The SMILES string of the molecule is O=C(Nc1cc(Cl)ccc1-n1cccn1)[C@H]1CCCN1. The van der Waals surface area contributed by atoms with E-state index in [0.717, 1.165) is 25.1 Å². The monoisotopic (exact) mass is 290 g/mol. The molecule has 20 heavy (non-hydrogen) atoms. The highest BCUT2D eigenvalue weighted by Crippen LogP contribution is 2.24. The first-order valence-corrected chi connectivity index (χ1v) is 6.95. The molecule has 1 aromatic carbocycles. The maximum absolute atomic E-state index is 12.2. The summed E-state index contributed by atoms with van der Waals surface area (Å²) in [6, 6.07) is 7.07. The fourth-order valence-electron chi connectivity index (χ4n) is 2.35. The number of halogens is 1. The number of benzene rings is 1. The molecule has 5 nitrogen and oxygen atoms in total. The van der Waals surface area contributed by atoms with E-state index in [0.29, 0.717) is 10.7 Å². The van der Waals surface area contributed by atoms with Crippen LogP contribution in [-0.2, 0) is 4.79 Å². The summed E-state index contributed by atoms with van der Waals surface area (Å²) in [6.07, 6.45) is 5.41. The molecular formula is C14H15ClN4O. The number of aromatic nitrogens is 2. The number of hydrogen-bond acceptors (Lipinski definition) is 3. The molecule has 6 heteroatoms. The maximum atomic E-state index is 12.2. The smallest absolute Gasteiger partial charge is 0.241 e. The van der Waals surface area contributed by atoms with Gasteiger partial charge in [-0.2, -0.15) is 5.10 Å². The van der Waals surface area contributed by atoms with Crippen LogP contribution in [0.4, 0.5) is 5.69 Å². The Morgan fingerprint density at radius 2 is 2.40 bits per heavy atom. The first-order valence-electron chi connectivity index (χ1n) is 6.58. The van der Waals surface area contributed by atoms with E-state index in [1.807, 2.05) is 18.3 Å². The Morgan fingerprint density at radius 3 is 3.10 bits per heavy atom. The van der Waals surface area contributed by atoms with Crippen LogP contribution in [0, 0.1) is 0 Å². The lowest BCUT2D eigenvalue weighted by Gasteiger charge is -2.14. The van der Waals surface area contributed by atoms with Gasteiger partial charge in [0.2, 0.25) is 5.91 Å². The van der Waals surface area contributed by atoms with Crippen LogP contribution in [0.2, 0.25) is 5.02 Å². The molecule has 104 valence electrons. The molecule has 1 aromatic heterocycles. The van der Waals surface area contributed by atoms with Crippen molar-refractivity contribution in [2.75, 3.05) is 11.9 Å². The van der Waals surface area contributed by atoms with Gasteiger partial charge in [-0.25, -0.2) is 4.68 Å². The van der Waals surface area contributed by atoms with E-state index in [9.17, 15) is 4.79 Å². The number of anilines is 1. The number of amides is 1. The van der Waals surface area contributed by atoms with Gasteiger partial charge in [-0.3, -0.25) is 4.79 Å². The maximum Gasteiger partial charge on any atom is 0.241 e. The minimum absolute atomic E-state index is 0.0295. The van der Waals surface area contributed by atoms with Gasteiger partial charge in [-0.05, 0) is 43.7 Å². The zero-order chi connectivity index (χ0) is 13.9. The van der Waals surface area contributed by atoms with E-state index < -0.39 is 0 Å². The van der Waals surface area contributed by atoms with E-state index in [1.54, 1.807) is 23.0 Å². The molecule has 2 aromatic rings. The van der Waals surface area contributed by atoms with Crippen molar-refractivity contribution in [2.24, 2.45) is 0 Å². The summed E-state index contributed by atoms with van der Waals surface area (Å²) in [4.78, 5) is 12.2. The van der Waals surface area contributed by atoms with Gasteiger partial charge in [0.25, 0.3) is 0 Å². The summed E-state index contributed by atoms with van der Waals surface area (Å²) in [5.74, 6) is -0.0295. The molecule has 1 fully saturated rings. The molecular weight excluding hydrogens is 276 g/mol. The van der Waals surface area contributed by atoms with E-state index in [1.165, 1.54) is 0 Å². The summed E-state index contributed by atoms with van der Waals surface area (Å²) >= 11 is 6.02. The standard InChI is InChI=1S/C14H15ClN4O/c15-10-4-5-13(19-8-2-7-17-19)12(9-10)18-14(20)11-3-1-6-16-11/h2,4-5,7-9,11,16H,1,3,6H2,(H,18,20)/t11-/m1/s1. The molecule has 1 amide bonds. The quantitative estimate of drug-likeness (QED) is 0.911. The number of carbonyl (C=O) groups is 1. The summed E-state index contributed by atoms with van der Waals surface area (Å²) in [7, 11) is 0. The third-order valence-electron chi connectivity index (χ3n) is 3.34. The van der Waals surface area contributed by atoms with Crippen LogP contribution >= 0.6 is 11.6 Å². The number of nitrogens with one attached hydrogen (secondary N) is 2. The molecule has 0 saturated carbocycles. The lowest BCUT2D eigenvalue weighted by Crippen LogP contribution is -2.35. The normalized spacial score (nSPS) is 18.1. The van der Waals surface area contributed by atoms with Gasteiger partial charge < -0.3 is 10.6 Å². The minimum atomic E-state index is -0.126. The second-order valence-electron chi connectivity index (χ2n) is 4.75. The molecule has 0 spiro atoms. The summed E-state index contributed by atoms with van der Waals surface area (Å²) in [5, 5.41) is 10.9. The van der Waals surface area contributed by atoms with Crippen molar-refractivity contribution >= 4 is 23.2 Å². The van der Waals surface area contributed by atoms with Crippen LogP contribution in [0.25, 0.3) is 5.69 Å². The van der Waals surface area contributed by atoms with E-state index >= 15 is 0 Å². The predicted molar refractivity (Wildman–Crippen MR) is 78.2 cm³/mol. The van der Waals surface area contributed by atoms with Crippen LogP contribution in [0.15, 0.2) is 36.7 Å². The highest BCUT2D eigenvalue weighted by atomic mass is 35.5. The Labute approximate surface area is 121 Å². The van der Waals surface area contributed by atoms with Gasteiger partial charge >= 0.3 is 0 Å². The highest BCUT2D eigenvalue weighted by Gasteiger charge is 2.22. The Morgan fingerprint density at radius 1 is 1.50 bits per heavy atom. The Balaban J connectivity index is 1.87. The largest absolute Gasteiger partial charge is 0.323 e. The topological polar surface area (TPSA) is 59.0 Å². The van der Waals surface area contributed by atoms with Crippen LogP contribution in [0.1, 0.15) is 12.8 Å². The van der Waals surface area contributed by atoms with E-state index in [4.69, 9.17) is 11.6 Å². The molecule has 0 unspecified atom stereocenters. The fraction of sp³-hybridized carbons (Fsp3) is 0.286. The van der Waals surface area contributed by atoms with E-state index in [-0.39, 0.29) is 11.9 Å². The molecule has 0 radical (unpaired) electrons. The number of carbonyl (C=O) groups excluding carboxylic acids is 1. The molecule has 1 atom stereocenters. The van der Waals surface area contributed by atoms with Crippen LogP contribution < -0.4 is 10.6 Å². The van der Waals surface area contributed by atoms with Crippen molar-refractivity contribution in [3.05, 3.63) is 41.7 Å². The van der Waals surface area contributed by atoms with E-state index in [2.05, 4.69) is 15.7 Å². The zero-order valence-electron chi connectivity index (χ0n) is 10.8. The average molecular weight is 291 g/mol. The van der Waals surface area contributed by atoms with Crippen molar-refractivity contribution in [3.63, 3.8) is 0 Å². The van der Waals surface area contributed by atoms with Crippen LogP contribution in [-0.4, -0.2) is 28.3 Å². The molecule has 0 aliphatic carbocycles. The molecule has 1 aliphatic rings.